The number of carbonyl (C=O) groups excluding carboxylic acids is 2. The standard InChI is InChI=1S/C18H15Cl2N3O3S/c1-8-6-9(2)22-17-13(8)15(21)16(27-17)18(25)26-7-12(24)23-11-5-3-4-10(19)14(11)20/h3-6H,7,21H2,1-2H3,(H,23,24). The van der Waals surface area contributed by atoms with Crippen molar-refractivity contribution in [2.75, 3.05) is 17.7 Å². The van der Waals surface area contributed by atoms with E-state index in [2.05, 4.69) is 10.3 Å². The SMILES string of the molecule is Cc1cc(C)c2c(N)c(C(=O)OCC(=O)Nc3cccc(Cl)c3Cl)sc2n1. The predicted octanol–water partition coefficient (Wildman–Crippen LogP) is 4.60. The van der Waals surface area contributed by atoms with Crippen LogP contribution in [0.15, 0.2) is 24.3 Å². The van der Waals surface area contributed by atoms with E-state index in [0.717, 1.165) is 28.0 Å². The van der Waals surface area contributed by atoms with Crippen molar-refractivity contribution in [3.05, 3.63) is 50.4 Å². The number of benzene rings is 1. The Bertz CT molecular complexity index is 1070. The normalized spacial score (nSPS) is 10.8. The monoisotopic (exact) mass is 423 g/mol. The summed E-state index contributed by atoms with van der Waals surface area (Å²) >= 11 is 13.1. The van der Waals surface area contributed by atoms with Crippen LogP contribution >= 0.6 is 34.5 Å². The van der Waals surface area contributed by atoms with E-state index in [9.17, 15) is 9.59 Å². The van der Waals surface area contributed by atoms with Gasteiger partial charge < -0.3 is 15.8 Å². The molecule has 0 aliphatic heterocycles. The van der Waals surface area contributed by atoms with E-state index < -0.39 is 18.5 Å². The molecular formula is C18H15Cl2N3O3S. The smallest absolute Gasteiger partial charge is 0.351 e. The molecule has 0 fully saturated rings. The quantitative estimate of drug-likeness (QED) is 0.597. The topological polar surface area (TPSA) is 94.3 Å². The average molecular weight is 424 g/mol. The predicted molar refractivity (Wildman–Crippen MR) is 109 cm³/mol. The summed E-state index contributed by atoms with van der Waals surface area (Å²) in [6.45, 7) is 3.28. The molecule has 2 aromatic heterocycles. The molecule has 3 rings (SSSR count). The molecule has 3 aromatic rings. The summed E-state index contributed by atoms with van der Waals surface area (Å²) in [4.78, 5) is 29.7. The van der Waals surface area contributed by atoms with E-state index in [1.807, 2.05) is 19.9 Å². The van der Waals surface area contributed by atoms with Crippen LogP contribution in [0.1, 0.15) is 20.9 Å². The van der Waals surface area contributed by atoms with Gasteiger partial charge in [0.05, 0.1) is 21.4 Å². The fourth-order valence-corrected chi connectivity index (χ4v) is 4.06. The number of nitrogen functional groups attached to an aromatic ring is 1. The van der Waals surface area contributed by atoms with Crippen LogP contribution in [-0.4, -0.2) is 23.5 Å². The van der Waals surface area contributed by atoms with Gasteiger partial charge in [0.25, 0.3) is 5.91 Å². The minimum absolute atomic E-state index is 0.213. The first kappa shape index (κ1) is 19.4. The Kier molecular flexibility index (Phi) is 5.55. The number of halogens is 2. The average Bonchev–Trinajstić information content (AvgIpc) is 2.93. The number of anilines is 2. The number of hydrogen-bond acceptors (Lipinski definition) is 6. The fourth-order valence-electron chi connectivity index (χ4n) is 2.60. The van der Waals surface area contributed by atoms with Gasteiger partial charge in [0.1, 0.15) is 9.71 Å². The van der Waals surface area contributed by atoms with Crippen LogP contribution in [0.25, 0.3) is 10.2 Å². The zero-order valence-corrected chi connectivity index (χ0v) is 16.8. The van der Waals surface area contributed by atoms with Gasteiger partial charge in [0.2, 0.25) is 0 Å². The molecule has 0 bridgehead atoms. The molecule has 0 saturated carbocycles. The number of thiophene rings is 1. The Balaban J connectivity index is 1.72. The highest BCUT2D eigenvalue weighted by Gasteiger charge is 2.21. The second-order valence-electron chi connectivity index (χ2n) is 5.83. The summed E-state index contributed by atoms with van der Waals surface area (Å²) in [5, 5.41) is 3.79. The van der Waals surface area contributed by atoms with E-state index in [-0.39, 0.29) is 9.90 Å². The third-order valence-corrected chi connectivity index (χ3v) is 5.67. The van der Waals surface area contributed by atoms with Crippen molar-refractivity contribution in [3.8, 4) is 0 Å². The lowest BCUT2D eigenvalue weighted by Crippen LogP contribution is -2.21. The van der Waals surface area contributed by atoms with Gasteiger partial charge in [-0.25, -0.2) is 9.78 Å². The second-order valence-corrected chi connectivity index (χ2v) is 7.62. The van der Waals surface area contributed by atoms with Gasteiger partial charge in [0, 0.05) is 11.1 Å². The molecule has 2 heterocycles. The molecule has 0 aliphatic rings. The third kappa shape index (κ3) is 4.00. The van der Waals surface area contributed by atoms with Crippen molar-refractivity contribution in [3.63, 3.8) is 0 Å². The van der Waals surface area contributed by atoms with Gasteiger partial charge >= 0.3 is 5.97 Å². The number of nitrogens with two attached hydrogens (primary N) is 1. The first-order valence-corrected chi connectivity index (χ1v) is 9.42. The molecule has 6 nitrogen and oxygen atoms in total. The summed E-state index contributed by atoms with van der Waals surface area (Å²) < 4.78 is 5.09. The van der Waals surface area contributed by atoms with E-state index in [0.29, 0.717) is 21.2 Å². The van der Waals surface area contributed by atoms with Gasteiger partial charge in [-0.15, -0.1) is 11.3 Å². The number of carbonyl (C=O) groups is 2. The number of aromatic nitrogens is 1. The largest absolute Gasteiger partial charge is 0.451 e. The minimum Gasteiger partial charge on any atom is -0.451 e. The molecule has 0 saturated heterocycles. The van der Waals surface area contributed by atoms with Crippen molar-refractivity contribution in [1.29, 1.82) is 0 Å². The first-order valence-electron chi connectivity index (χ1n) is 7.85. The van der Waals surface area contributed by atoms with E-state index in [1.54, 1.807) is 18.2 Å². The summed E-state index contributed by atoms with van der Waals surface area (Å²) in [6.07, 6.45) is 0. The summed E-state index contributed by atoms with van der Waals surface area (Å²) in [5.41, 5.74) is 8.50. The Morgan fingerprint density at radius 2 is 2.04 bits per heavy atom. The number of nitrogens with one attached hydrogen (secondary N) is 1. The van der Waals surface area contributed by atoms with Gasteiger partial charge in [-0.3, -0.25) is 4.79 Å². The minimum atomic E-state index is -0.681. The molecule has 0 aliphatic carbocycles. The van der Waals surface area contributed by atoms with Crippen molar-refractivity contribution < 1.29 is 14.3 Å². The highest BCUT2D eigenvalue weighted by atomic mass is 35.5. The number of aryl methyl sites for hydroxylation is 2. The molecular weight excluding hydrogens is 409 g/mol. The van der Waals surface area contributed by atoms with Crippen LogP contribution in [0.2, 0.25) is 10.0 Å². The van der Waals surface area contributed by atoms with Crippen LogP contribution < -0.4 is 11.1 Å². The van der Waals surface area contributed by atoms with Crippen molar-refractivity contribution in [1.82, 2.24) is 4.98 Å². The molecule has 1 amide bonds. The number of ether oxygens (including phenoxy) is 1. The Morgan fingerprint density at radius 3 is 2.78 bits per heavy atom. The van der Waals surface area contributed by atoms with Gasteiger partial charge in [-0.1, -0.05) is 29.3 Å². The van der Waals surface area contributed by atoms with Crippen LogP contribution in [-0.2, 0) is 9.53 Å². The molecule has 1 aromatic carbocycles. The maximum Gasteiger partial charge on any atom is 0.351 e. The van der Waals surface area contributed by atoms with Crippen molar-refractivity contribution in [2.24, 2.45) is 0 Å². The number of esters is 1. The molecule has 0 atom stereocenters. The van der Waals surface area contributed by atoms with Gasteiger partial charge in [-0.05, 0) is 37.6 Å². The highest BCUT2D eigenvalue weighted by Crippen LogP contribution is 2.35. The highest BCUT2D eigenvalue weighted by molar-refractivity contribution is 7.21. The molecule has 9 heteroatoms. The van der Waals surface area contributed by atoms with Crippen molar-refractivity contribution >= 4 is 68.0 Å². The Labute approximate surface area is 169 Å². The van der Waals surface area contributed by atoms with Crippen molar-refractivity contribution in [2.45, 2.75) is 13.8 Å². The third-order valence-electron chi connectivity index (χ3n) is 3.77. The van der Waals surface area contributed by atoms with Crippen LogP contribution in [0.3, 0.4) is 0 Å². The lowest BCUT2D eigenvalue weighted by atomic mass is 10.1. The van der Waals surface area contributed by atoms with Crippen LogP contribution in [0.4, 0.5) is 11.4 Å². The maximum absolute atomic E-state index is 12.4. The second kappa shape index (κ2) is 7.72. The summed E-state index contributed by atoms with van der Waals surface area (Å²) in [5.74, 6) is -1.22. The number of nitrogens with zero attached hydrogens (tertiary/aromatic N) is 1. The molecule has 0 spiro atoms. The molecule has 140 valence electrons. The Hall–Kier alpha value is -2.35. The molecule has 27 heavy (non-hydrogen) atoms. The van der Waals surface area contributed by atoms with Crippen LogP contribution in [0, 0.1) is 13.8 Å². The summed E-state index contributed by atoms with van der Waals surface area (Å²) in [6, 6.07) is 6.73. The van der Waals surface area contributed by atoms with Gasteiger partial charge in [0.15, 0.2) is 6.61 Å². The zero-order valence-electron chi connectivity index (χ0n) is 14.4. The number of fused-ring (bicyclic) bond motifs is 1. The number of rotatable bonds is 4. The van der Waals surface area contributed by atoms with E-state index in [1.165, 1.54) is 0 Å². The fraction of sp³-hybridized carbons (Fsp3) is 0.167. The molecule has 0 unspecified atom stereocenters. The number of pyridine rings is 1. The zero-order chi connectivity index (χ0) is 19.7. The summed E-state index contributed by atoms with van der Waals surface area (Å²) in [7, 11) is 0. The van der Waals surface area contributed by atoms with Gasteiger partial charge in [-0.2, -0.15) is 0 Å². The first-order chi connectivity index (χ1) is 12.8. The number of amides is 1. The number of hydrogen-bond donors (Lipinski definition) is 2. The lowest BCUT2D eigenvalue weighted by molar-refractivity contribution is -0.119. The van der Waals surface area contributed by atoms with E-state index in [4.69, 9.17) is 33.7 Å². The Morgan fingerprint density at radius 1 is 1.30 bits per heavy atom. The van der Waals surface area contributed by atoms with Crippen LogP contribution in [0.5, 0.6) is 0 Å². The lowest BCUT2D eigenvalue weighted by Gasteiger charge is -2.08. The molecule has 3 N–H and O–H groups in total. The maximum atomic E-state index is 12.4. The molecule has 0 radical (unpaired) electrons. The van der Waals surface area contributed by atoms with E-state index >= 15 is 0 Å².